The van der Waals surface area contributed by atoms with Crippen molar-refractivity contribution in [3.63, 3.8) is 0 Å². The van der Waals surface area contributed by atoms with E-state index in [-0.39, 0.29) is 12.5 Å². The van der Waals surface area contributed by atoms with E-state index in [0.29, 0.717) is 26.4 Å². The van der Waals surface area contributed by atoms with Crippen molar-refractivity contribution < 1.29 is 18.7 Å². The summed E-state index contributed by atoms with van der Waals surface area (Å²) in [4.78, 5) is 11.6. The number of benzene rings is 1. The van der Waals surface area contributed by atoms with Crippen LogP contribution in [-0.4, -0.2) is 25.8 Å². The van der Waals surface area contributed by atoms with Gasteiger partial charge in [0.05, 0.1) is 17.8 Å². The topological polar surface area (TPSA) is 73.1 Å². The number of amides is 1. The van der Waals surface area contributed by atoms with Gasteiger partial charge in [0.1, 0.15) is 17.3 Å². The molecule has 0 radical (unpaired) electrons. The van der Waals surface area contributed by atoms with Crippen LogP contribution >= 0.6 is 31.9 Å². The Bertz CT molecular complexity index is 685. The molecule has 0 saturated carbocycles. The second-order valence-electron chi connectivity index (χ2n) is 4.02. The molecular formula is C14H12Br2N2O4. The Morgan fingerprint density at radius 2 is 2.18 bits per heavy atom. The van der Waals surface area contributed by atoms with Gasteiger partial charge in [-0.1, -0.05) is 0 Å². The van der Waals surface area contributed by atoms with Gasteiger partial charge in [-0.25, -0.2) is 5.43 Å². The number of carbonyl (C=O) groups excluding carboxylic acids is 1. The van der Waals surface area contributed by atoms with Gasteiger partial charge in [-0.3, -0.25) is 4.79 Å². The summed E-state index contributed by atoms with van der Waals surface area (Å²) < 4.78 is 16.9. The van der Waals surface area contributed by atoms with Crippen LogP contribution in [0.3, 0.4) is 0 Å². The molecule has 0 unspecified atom stereocenters. The lowest BCUT2D eigenvalue weighted by Crippen LogP contribution is -2.24. The molecule has 1 aromatic heterocycles. The maximum atomic E-state index is 11.6. The second kappa shape index (κ2) is 8.00. The summed E-state index contributed by atoms with van der Waals surface area (Å²) in [5.74, 6) is 1.36. The van der Waals surface area contributed by atoms with Gasteiger partial charge >= 0.3 is 0 Å². The van der Waals surface area contributed by atoms with E-state index < -0.39 is 0 Å². The molecular weight excluding hydrogens is 420 g/mol. The van der Waals surface area contributed by atoms with Gasteiger partial charge in [0.2, 0.25) is 0 Å². The first-order chi connectivity index (χ1) is 10.6. The Morgan fingerprint density at radius 3 is 2.82 bits per heavy atom. The summed E-state index contributed by atoms with van der Waals surface area (Å²) >= 11 is 6.51. The third-order valence-electron chi connectivity index (χ3n) is 2.47. The first-order valence-electron chi connectivity index (χ1n) is 6.12. The maximum Gasteiger partial charge on any atom is 0.277 e. The van der Waals surface area contributed by atoms with Crippen LogP contribution < -0.4 is 14.9 Å². The van der Waals surface area contributed by atoms with Gasteiger partial charge in [0.25, 0.3) is 5.91 Å². The van der Waals surface area contributed by atoms with Gasteiger partial charge in [-0.2, -0.15) is 5.10 Å². The summed E-state index contributed by atoms with van der Waals surface area (Å²) in [6.45, 7) is -0.163. The van der Waals surface area contributed by atoms with Gasteiger partial charge in [-0.15, -0.1) is 0 Å². The number of halogens is 2. The van der Waals surface area contributed by atoms with Crippen molar-refractivity contribution in [2.75, 3.05) is 13.7 Å². The molecule has 0 spiro atoms. The highest BCUT2D eigenvalue weighted by atomic mass is 79.9. The summed E-state index contributed by atoms with van der Waals surface area (Å²) in [5.41, 5.74) is 2.34. The van der Waals surface area contributed by atoms with E-state index in [1.165, 1.54) is 6.21 Å². The maximum absolute atomic E-state index is 11.6. The number of methoxy groups -OCH3 is 1. The van der Waals surface area contributed by atoms with Gasteiger partial charge in [0, 0.05) is 0 Å². The van der Waals surface area contributed by atoms with Gasteiger partial charge < -0.3 is 13.9 Å². The lowest BCUT2D eigenvalue weighted by molar-refractivity contribution is -0.123. The van der Waals surface area contributed by atoms with Crippen LogP contribution in [-0.2, 0) is 4.79 Å². The van der Waals surface area contributed by atoms with Gasteiger partial charge in [-0.05, 0) is 62.2 Å². The highest BCUT2D eigenvalue weighted by Crippen LogP contribution is 2.28. The van der Waals surface area contributed by atoms with Crippen LogP contribution in [0.5, 0.6) is 11.5 Å². The molecule has 1 heterocycles. The monoisotopic (exact) mass is 430 g/mol. The number of nitrogens with one attached hydrogen (secondary N) is 1. The fraction of sp³-hybridized carbons (Fsp3) is 0.143. The quantitative estimate of drug-likeness (QED) is 0.562. The van der Waals surface area contributed by atoms with Crippen molar-refractivity contribution in [2.45, 2.75) is 0 Å². The van der Waals surface area contributed by atoms with Crippen molar-refractivity contribution in [1.82, 2.24) is 5.43 Å². The van der Waals surface area contributed by atoms with Crippen LogP contribution in [0.1, 0.15) is 5.76 Å². The fourth-order valence-corrected chi connectivity index (χ4v) is 2.26. The van der Waals surface area contributed by atoms with E-state index in [1.807, 2.05) is 0 Å². The van der Waals surface area contributed by atoms with Crippen LogP contribution in [0, 0.1) is 0 Å². The van der Waals surface area contributed by atoms with Crippen LogP contribution in [0.4, 0.5) is 0 Å². The minimum atomic E-state index is -0.385. The number of ether oxygens (including phenoxy) is 2. The van der Waals surface area contributed by atoms with Crippen molar-refractivity contribution in [1.29, 1.82) is 0 Å². The Morgan fingerprint density at radius 1 is 1.36 bits per heavy atom. The van der Waals surface area contributed by atoms with Crippen molar-refractivity contribution >= 4 is 44.0 Å². The van der Waals surface area contributed by atoms with Crippen LogP contribution in [0.25, 0.3) is 0 Å². The first-order valence-corrected chi connectivity index (χ1v) is 7.70. The zero-order valence-electron chi connectivity index (χ0n) is 11.5. The minimum absolute atomic E-state index is 0.163. The fourth-order valence-electron chi connectivity index (χ4n) is 1.47. The molecule has 8 heteroatoms. The molecule has 2 aromatic rings. The Balaban J connectivity index is 1.81. The number of rotatable bonds is 6. The Labute approximate surface area is 143 Å². The molecule has 0 atom stereocenters. The SMILES string of the molecule is COc1ccc(OCC(=O)NN=Cc2ccc(Br)o2)c(Br)c1. The number of furan rings is 1. The van der Waals surface area contributed by atoms with Crippen LogP contribution in [0.15, 0.2) is 49.0 Å². The molecule has 0 saturated heterocycles. The number of nitrogens with zero attached hydrogens (tertiary/aromatic N) is 1. The lowest BCUT2D eigenvalue weighted by Gasteiger charge is -2.08. The number of hydrogen-bond donors (Lipinski definition) is 1. The van der Waals surface area contributed by atoms with Crippen LogP contribution in [0.2, 0.25) is 0 Å². The first kappa shape index (κ1) is 16.6. The molecule has 2 rings (SSSR count). The second-order valence-corrected chi connectivity index (χ2v) is 5.66. The molecule has 0 aliphatic heterocycles. The molecule has 6 nitrogen and oxygen atoms in total. The molecule has 0 bridgehead atoms. The smallest absolute Gasteiger partial charge is 0.277 e. The van der Waals surface area contributed by atoms with E-state index in [2.05, 4.69) is 42.4 Å². The summed E-state index contributed by atoms with van der Waals surface area (Å²) in [5, 5.41) is 3.77. The Kier molecular flexibility index (Phi) is 6.02. The summed E-state index contributed by atoms with van der Waals surface area (Å²) in [6.07, 6.45) is 1.39. The number of carbonyl (C=O) groups is 1. The standard InChI is InChI=1S/C14H12Br2N2O4/c1-20-9-2-4-12(11(15)6-9)21-8-14(19)18-17-7-10-3-5-13(16)22-10/h2-7H,8H2,1H3,(H,18,19). The normalized spacial score (nSPS) is 10.7. The summed E-state index contributed by atoms with van der Waals surface area (Å²) in [7, 11) is 1.57. The van der Waals surface area contributed by atoms with Crippen molar-refractivity contribution in [3.8, 4) is 11.5 Å². The highest BCUT2D eigenvalue weighted by molar-refractivity contribution is 9.10. The third-order valence-corrected chi connectivity index (χ3v) is 3.52. The minimum Gasteiger partial charge on any atom is -0.497 e. The number of hydrazone groups is 1. The van der Waals surface area contributed by atoms with Gasteiger partial charge in [0.15, 0.2) is 11.3 Å². The zero-order valence-corrected chi connectivity index (χ0v) is 14.7. The molecule has 0 aliphatic rings. The van der Waals surface area contributed by atoms with E-state index in [9.17, 15) is 4.79 Å². The molecule has 22 heavy (non-hydrogen) atoms. The predicted octanol–water partition coefficient (Wildman–Crippen LogP) is 3.34. The van der Waals surface area contributed by atoms with Crippen molar-refractivity contribution in [2.24, 2.45) is 5.10 Å². The molecule has 116 valence electrons. The predicted molar refractivity (Wildman–Crippen MR) is 88.3 cm³/mol. The lowest BCUT2D eigenvalue weighted by atomic mass is 10.3. The van der Waals surface area contributed by atoms with E-state index in [1.54, 1.807) is 37.4 Å². The molecule has 1 N–H and O–H groups in total. The van der Waals surface area contributed by atoms with E-state index in [4.69, 9.17) is 13.9 Å². The molecule has 1 aromatic carbocycles. The zero-order chi connectivity index (χ0) is 15.9. The average Bonchev–Trinajstić information content (AvgIpc) is 2.91. The largest absolute Gasteiger partial charge is 0.497 e. The number of hydrogen-bond acceptors (Lipinski definition) is 5. The summed E-state index contributed by atoms with van der Waals surface area (Å²) in [6, 6.07) is 8.64. The van der Waals surface area contributed by atoms with E-state index in [0.717, 1.165) is 0 Å². The van der Waals surface area contributed by atoms with Crippen molar-refractivity contribution in [3.05, 3.63) is 45.2 Å². The molecule has 0 fully saturated rings. The highest BCUT2D eigenvalue weighted by Gasteiger charge is 2.06. The third kappa shape index (κ3) is 4.88. The average molecular weight is 432 g/mol. The molecule has 0 aliphatic carbocycles. The Hall–Kier alpha value is -1.80. The molecule has 1 amide bonds. The van der Waals surface area contributed by atoms with E-state index >= 15 is 0 Å².